The molecule has 0 aliphatic carbocycles. The Balaban J connectivity index is 1.45. The van der Waals surface area contributed by atoms with E-state index in [9.17, 15) is 14.0 Å². The molecular weight excluding hydrogens is 421 g/mol. The fraction of sp³-hybridized carbons (Fsp3) is 0.273. The van der Waals surface area contributed by atoms with Crippen LogP contribution in [0.4, 0.5) is 4.39 Å². The van der Waals surface area contributed by atoms with Gasteiger partial charge in [0.1, 0.15) is 5.82 Å². The van der Waals surface area contributed by atoms with Crippen LogP contribution in [0.15, 0.2) is 42.5 Å². The van der Waals surface area contributed by atoms with Crippen molar-refractivity contribution in [3.63, 3.8) is 0 Å². The second-order valence-electron chi connectivity index (χ2n) is 7.48. The van der Waals surface area contributed by atoms with E-state index in [2.05, 4.69) is 10.3 Å². The van der Waals surface area contributed by atoms with Crippen LogP contribution >= 0.6 is 11.6 Å². The second-order valence-corrected chi connectivity index (χ2v) is 7.92. The predicted octanol–water partition coefficient (Wildman–Crippen LogP) is 3.27. The van der Waals surface area contributed by atoms with Crippen molar-refractivity contribution in [2.45, 2.75) is 13.8 Å². The molecule has 1 aliphatic rings. The van der Waals surface area contributed by atoms with E-state index in [4.69, 9.17) is 11.6 Å². The summed E-state index contributed by atoms with van der Waals surface area (Å²) in [4.78, 5) is 28.8. The van der Waals surface area contributed by atoms with Gasteiger partial charge in [0.05, 0.1) is 16.9 Å². The minimum absolute atomic E-state index is 0.0656. The molecule has 1 saturated heterocycles. The van der Waals surface area contributed by atoms with Crippen LogP contribution in [0.5, 0.6) is 0 Å². The van der Waals surface area contributed by atoms with Gasteiger partial charge in [-0.05, 0) is 44.2 Å². The highest BCUT2D eigenvalue weighted by molar-refractivity contribution is 6.31. The van der Waals surface area contributed by atoms with Crippen LogP contribution in [0.3, 0.4) is 0 Å². The lowest BCUT2D eigenvalue weighted by atomic mass is 10.1. The van der Waals surface area contributed by atoms with Gasteiger partial charge in [-0.2, -0.15) is 0 Å². The van der Waals surface area contributed by atoms with Gasteiger partial charge in [-0.3, -0.25) is 9.59 Å². The van der Waals surface area contributed by atoms with Crippen molar-refractivity contribution >= 4 is 23.4 Å². The van der Waals surface area contributed by atoms with Crippen molar-refractivity contribution in [1.82, 2.24) is 24.8 Å². The first-order valence-electron chi connectivity index (χ1n) is 9.88. The Hall–Kier alpha value is -3.26. The normalized spacial score (nSPS) is 14.1. The Bertz CT molecular complexity index is 1140. The summed E-state index contributed by atoms with van der Waals surface area (Å²) in [6.45, 7) is 5.03. The lowest BCUT2D eigenvalue weighted by molar-refractivity contribution is 0.0529. The van der Waals surface area contributed by atoms with E-state index in [1.807, 2.05) is 31.2 Å². The second kappa shape index (κ2) is 8.47. The maximum Gasteiger partial charge on any atom is 0.276 e. The molecule has 1 aliphatic heterocycles. The Kier molecular flexibility index (Phi) is 5.73. The molecule has 2 aromatic carbocycles. The Labute approximate surface area is 184 Å². The Morgan fingerprint density at radius 3 is 2.19 bits per heavy atom. The lowest BCUT2D eigenvalue weighted by Gasteiger charge is -2.34. The molecule has 0 spiro atoms. The summed E-state index contributed by atoms with van der Waals surface area (Å²) >= 11 is 5.90. The fourth-order valence-electron chi connectivity index (χ4n) is 3.55. The van der Waals surface area contributed by atoms with Crippen molar-refractivity contribution in [2.75, 3.05) is 26.2 Å². The molecule has 0 radical (unpaired) electrons. The van der Waals surface area contributed by atoms with E-state index in [0.29, 0.717) is 36.9 Å². The molecule has 160 valence electrons. The number of hydrogen-bond acceptors (Lipinski definition) is 4. The van der Waals surface area contributed by atoms with Gasteiger partial charge < -0.3 is 9.80 Å². The summed E-state index contributed by atoms with van der Waals surface area (Å²) in [6, 6.07) is 11.7. The molecule has 0 saturated carbocycles. The zero-order valence-electron chi connectivity index (χ0n) is 17.2. The van der Waals surface area contributed by atoms with Crippen LogP contribution in [0.25, 0.3) is 5.69 Å². The molecule has 3 aromatic rings. The monoisotopic (exact) mass is 441 g/mol. The van der Waals surface area contributed by atoms with Crippen molar-refractivity contribution in [3.8, 4) is 5.69 Å². The number of aromatic nitrogens is 3. The van der Waals surface area contributed by atoms with Gasteiger partial charge in [0.25, 0.3) is 11.8 Å². The summed E-state index contributed by atoms with van der Waals surface area (Å²) in [5, 5.41) is 8.52. The quantitative estimate of drug-likeness (QED) is 0.625. The molecule has 1 fully saturated rings. The van der Waals surface area contributed by atoms with Gasteiger partial charge in [0.2, 0.25) is 0 Å². The van der Waals surface area contributed by atoms with Gasteiger partial charge in [-0.1, -0.05) is 34.5 Å². The molecule has 0 unspecified atom stereocenters. The number of aryl methyl sites for hydroxylation is 1. The summed E-state index contributed by atoms with van der Waals surface area (Å²) < 4.78 is 15.7. The largest absolute Gasteiger partial charge is 0.335 e. The Morgan fingerprint density at radius 2 is 1.55 bits per heavy atom. The number of carbonyl (C=O) groups excluding carboxylic acids is 2. The number of rotatable bonds is 3. The lowest BCUT2D eigenvalue weighted by Crippen LogP contribution is -2.51. The van der Waals surface area contributed by atoms with Crippen molar-refractivity contribution in [2.24, 2.45) is 0 Å². The Morgan fingerprint density at radius 1 is 0.935 bits per heavy atom. The maximum atomic E-state index is 14.0. The number of hydrogen-bond donors (Lipinski definition) is 0. The van der Waals surface area contributed by atoms with E-state index in [1.54, 1.807) is 16.5 Å². The highest BCUT2D eigenvalue weighted by Gasteiger charge is 2.29. The third kappa shape index (κ3) is 4.16. The highest BCUT2D eigenvalue weighted by Crippen LogP contribution is 2.19. The molecule has 4 rings (SSSR count). The predicted molar refractivity (Wildman–Crippen MR) is 114 cm³/mol. The number of nitrogens with zero attached hydrogens (tertiary/aromatic N) is 5. The molecule has 9 heteroatoms. The molecule has 0 atom stereocenters. The van der Waals surface area contributed by atoms with E-state index in [0.717, 1.165) is 11.3 Å². The summed E-state index contributed by atoms with van der Waals surface area (Å²) in [6.07, 6.45) is 0. The minimum atomic E-state index is -0.615. The van der Waals surface area contributed by atoms with Gasteiger partial charge in [-0.25, -0.2) is 9.07 Å². The van der Waals surface area contributed by atoms with Crippen LogP contribution < -0.4 is 0 Å². The molecule has 2 heterocycles. The van der Waals surface area contributed by atoms with Gasteiger partial charge in [0, 0.05) is 31.2 Å². The molecule has 0 bridgehead atoms. The maximum absolute atomic E-state index is 14.0. The molecule has 0 N–H and O–H groups in total. The van der Waals surface area contributed by atoms with E-state index in [1.165, 1.54) is 23.1 Å². The van der Waals surface area contributed by atoms with Crippen LogP contribution in [0.1, 0.15) is 32.1 Å². The first kappa shape index (κ1) is 21.0. The summed E-state index contributed by atoms with van der Waals surface area (Å²) in [7, 11) is 0. The summed E-state index contributed by atoms with van der Waals surface area (Å²) in [5.74, 6) is -1.29. The van der Waals surface area contributed by atoms with Crippen molar-refractivity contribution in [3.05, 3.63) is 75.8 Å². The standard InChI is InChI=1S/C22H21ClFN5O2/c1-14-3-6-17(7-4-14)29-15(2)20(25-26-29)22(31)28-11-9-27(10-12-28)21(30)18-13-16(23)5-8-19(18)24/h3-8,13H,9-12H2,1-2H3. The molecule has 7 nitrogen and oxygen atoms in total. The number of piperazine rings is 1. The smallest absolute Gasteiger partial charge is 0.276 e. The third-order valence-corrected chi connectivity index (χ3v) is 5.62. The first-order valence-corrected chi connectivity index (χ1v) is 10.3. The third-order valence-electron chi connectivity index (χ3n) is 5.39. The first-order chi connectivity index (χ1) is 14.8. The van der Waals surface area contributed by atoms with Gasteiger partial charge in [0.15, 0.2) is 5.69 Å². The number of amides is 2. The SMILES string of the molecule is Cc1ccc(-n2nnc(C(=O)N3CCN(C(=O)c4cc(Cl)ccc4F)CC3)c2C)cc1. The molecule has 2 amide bonds. The van der Waals surface area contributed by atoms with Crippen LogP contribution in [-0.2, 0) is 0 Å². The van der Waals surface area contributed by atoms with E-state index >= 15 is 0 Å². The zero-order chi connectivity index (χ0) is 22.1. The average Bonchev–Trinajstić information content (AvgIpc) is 3.16. The van der Waals surface area contributed by atoms with Crippen molar-refractivity contribution < 1.29 is 14.0 Å². The number of halogens is 2. The van der Waals surface area contributed by atoms with Gasteiger partial charge in [-0.15, -0.1) is 5.10 Å². The van der Waals surface area contributed by atoms with E-state index in [-0.39, 0.29) is 17.2 Å². The average molecular weight is 442 g/mol. The number of benzene rings is 2. The van der Waals surface area contributed by atoms with Gasteiger partial charge >= 0.3 is 0 Å². The van der Waals surface area contributed by atoms with Crippen LogP contribution in [0, 0.1) is 19.7 Å². The zero-order valence-corrected chi connectivity index (χ0v) is 17.9. The van der Waals surface area contributed by atoms with Crippen LogP contribution in [0.2, 0.25) is 5.02 Å². The van der Waals surface area contributed by atoms with Crippen LogP contribution in [-0.4, -0.2) is 62.8 Å². The van der Waals surface area contributed by atoms with E-state index < -0.39 is 11.7 Å². The summed E-state index contributed by atoms with van der Waals surface area (Å²) in [5.41, 5.74) is 2.82. The fourth-order valence-corrected chi connectivity index (χ4v) is 3.72. The molecule has 31 heavy (non-hydrogen) atoms. The highest BCUT2D eigenvalue weighted by atomic mass is 35.5. The molecule has 1 aromatic heterocycles. The topological polar surface area (TPSA) is 71.3 Å². The number of carbonyl (C=O) groups is 2. The minimum Gasteiger partial charge on any atom is -0.335 e. The molecular formula is C22H21ClFN5O2. The van der Waals surface area contributed by atoms with Crippen molar-refractivity contribution in [1.29, 1.82) is 0 Å².